The van der Waals surface area contributed by atoms with Crippen LogP contribution in [0.5, 0.6) is 0 Å². The van der Waals surface area contributed by atoms with E-state index in [2.05, 4.69) is 0 Å². The Kier molecular flexibility index (Phi) is 6.32. The number of alkyl halides is 9. The van der Waals surface area contributed by atoms with Gasteiger partial charge in [-0.15, -0.1) is 0 Å². The molecule has 4 rings (SSSR count). The van der Waals surface area contributed by atoms with Gasteiger partial charge in [-0.2, -0.15) is 39.5 Å². The van der Waals surface area contributed by atoms with E-state index >= 15 is 0 Å². The van der Waals surface area contributed by atoms with E-state index in [0.717, 1.165) is 60.7 Å². The molecule has 0 aliphatic carbocycles. The quantitative estimate of drug-likeness (QED) is 0.196. The minimum absolute atomic E-state index is 0.0658. The van der Waals surface area contributed by atoms with Crippen LogP contribution in [0.1, 0.15) is 16.7 Å². The van der Waals surface area contributed by atoms with Gasteiger partial charge in [-0.25, -0.2) is 4.42 Å². The lowest BCUT2D eigenvalue weighted by Gasteiger charge is -2.08. The van der Waals surface area contributed by atoms with Crippen molar-refractivity contribution >= 4 is 0 Å². The highest BCUT2D eigenvalue weighted by Gasteiger charge is 2.33. The molecule has 1 heterocycles. The molecule has 0 fully saturated rings. The maximum atomic E-state index is 13.0. The minimum Gasteiger partial charge on any atom is -0.207 e. The van der Waals surface area contributed by atoms with Crippen LogP contribution in [-0.2, 0) is 18.5 Å². The Morgan fingerprint density at radius 1 is 0.361 bits per heavy atom. The van der Waals surface area contributed by atoms with Crippen LogP contribution in [0, 0.1) is 0 Å². The van der Waals surface area contributed by atoms with E-state index < -0.39 is 35.2 Å². The van der Waals surface area contributed by atoms with Crippen molar-refractivity contribution in [3.05, 3.63) is 102 Å². The van der Waals surface area contributed by atoms with Crippen LogP contribution in [0.25, 0.3) is 33.8 Å². The first kappa shape index (κ1) is 25.3. The Morgan fingerprint density at radius 3 is 0.917 bits per heavy atom. The van der Waals surface area contributed by atoms with E-state index in [1.807, 2.05) is 0 Å². The Balaban J connectivity index is 1.82. The number of benzene rings is 3. The summed E-state index contributed by atoms with van der Waals surface area (Å²) in [6, 6.07) is 15.0. The average Bonchev–Trinajstić information content (AvgIpc) is 2.82. The van der Waals surface area contributed by atoms with Crippen molar-refractivity contribution in [2.45, 2.75) is 18.5 Å². The molecule has 3 aromatic carbocycles. The molecule has 0 N–H and O–H groups in total. The molecule has 0 unspecified atom stereocenters. The smallest absolute Gasteiger partial charge is 0.207 e. The zero-order valence-corrected chi connectivity index (χ0v) is 17.9. The zero-order valence-electron chi connectivity index (χ0n) is 17.9. The summed E-state index contributed by atoms with van der Waals surface area (Å²) in [5.41, 5.74) is -1.53. The summed E-state index contributed by atoms with van der Waals surface area (Å²) < 4.78 is 122. The molecule has 10 heteroatoms. The standard InChI is InChI=1S/C26H14F9O/c27-24(28,29)19-7-1-15(2-8-19)18-13-22(16-3-9-20(10-4-16)25(30,31)32)36-23(14-18)17-5-11-21(12-6-17)26(33,34)35/h1-14H/q+1. The fourth-order valence-electron chi connectivity index (χ4n) is 3.45. The molecule has 0 aliphatic rings. The van der Waals surface area contributed by atoms with Gasteiger partial charge in [0.25, 0.3) is 0 Å². The third-order valence-electron chi connectivity index (χ3n) is 5.33. The van der Waals surface area contributed by atoms with Gasteiger partial charge in [0, 0.05) is 5.56 Å². The summed E-state index contributed by atoms with van der Waals surface area (Å²) in [6.07, 6.45) is -13.7. The Morgan fingerprint density at radius 2 is 0.639 bits per heavy atom. The largest absolute Gasteiger partial charge is 0.416 e. The molecule has 0 spiro atoms. The third kappa shape index (κ3) is 5.53. The van der Waals surface area contributed by atoms with Crippen molar-refractivity contribution in [1.29, 1.82) is 0 Å². The summed E-state index contributed by atoms with van der Waals surface area (Å²) in [7, 11) is 0. The first-order valence-corrected chi connectivity index (χ1v) is 10.2. The predicted molar refractivity (Wildman–Crippen MR) is 114 cm³/mol. The van der Waals surface area contributed by atoms with Crippen LogP contribution < -0.4 is 0 Å². The second-order valence-corrected chi connectivity index (χ2v) is 7.80. The molecule has 0 bridgehead atoms. The van der Waals surface area contributed by atoms with Gasteiger partial charge >= 0.3 is 30.0 Å². The first-order valence-electron chi connectivity index (χ1n) is 10.2. The van der Waals surface area contributed by atoms with Crippen LogP contribution in [0.15, 0.2) is 89.3 Å². The predicted octanol–water partition coefficient (Wildman–Crippen LogP) is 9.62. The fourth-order valence-corrected chi connectivity index (χ4v) is 3.45. The minimum atomic E-state index is -4.57. The van der Waals surface area contributed by atoms with Gasteiger partial charge in [-0.3, -0.25) is 0 Å². The molecule has 0 saturated carbocycles. The van der Waals surface area contributed by atoms with E-state index in [9.17, 15) is 39.5 Å². The van der Waals surface area contributed by atoms with Crippen molar-refractivity contribution in [1.82, 2.24) is 0 Å². The van der Waals surface area contributed by atoms with Gasteiger partial charge in [0.2, 0.25) is 0 Å². The van der Waals surface area contributed by atoms with Gasteiger partial charge < -0.3 is 0 Å². The van der Waals surface area contributed by atoms with Crippen molar-refractivity contribution in [2.24, 2.45) is 0 Å². The third-order valence-corrected chi connectivity index (χ3v) is 5.33. The summed E-state index contributed by atoms with van der Waals surface area (Å²) in [4.78, 5) is 0. The van der Waals surface area contributed by atoms with Gasteiger partial charge in [0.15, 0.2) is 0 Å². The average molecular weight is 513 g/mol. The first-order chi connectivity index (χ1) is 16.7. The van der Waals surface area contributed by atoms with E-state index in [-0.39, 0.29) is 22.6 Å². The van der Waals surface area contributed by atoms with Crippen molar-refractivity contribution < 1.29 is 43.9 Å². The lowest BCUT2D eigenvalue weighted by Crippen LogP contribution is -2.04. The van der Waals surface area contributed by atoms with Crippen LogP contribution in [-0.4, -0.2) is 0 Å². The lowest BCUT2D eigenvalue weighted by atomic mass is 10.00. The topological polar surface area (TPSA) is 11.3 Å². The van der Waals surface area contributed by atoms with Gasteiger partial charge in [0.05, 0.1) is 39.9 Å². The Hall–Kier alpha value is -3.82. The SMILES string of the molecule is FC(F)(F)c1ccc(-c2cc(-c3ccc(C(F)(F)F)cc3)[o+]c(-c3ccc(C(F)(F)F)cc3)c2)cc1. The Bertz CT molecular complexity index is 1170. The number of halogens is 9. The van der Waals surface area contributed by atoms with Gasteiger partial charge in [0.1, 0.15) is 0 Å². The fraction of sp³-hybridized carbons (Fsp3) is 0.115. The van der Waals surface area contributed by atoms with E-state index in [0.29, 0.717) is 11.1 Å². The van der Waals surface area contributed by atoms with Crippen molar-refractivity contribution in [2.75, 3.05) is 0 Å². The molecular formula is C26H14F9O+. The maximum absolute atomic E-state index is 13.0. The van der Waals surface area contributed by atoms with Gasteiger partial charge in [-0.1, -0.05) is 12.1 Å². The van der Waals surface area contributed by atoms with Gasteiger partial charge in [-0.05, 0) is 66.2 Å². The normalized spacial score (nSPS) is 12.6. The molecule has 1 nitrogen and oxygen atoms in total. The van der Waals surface area contributed by atoms with Crippen LogP contribution in [0.3, 0.4) is 0 Å². The molecule has 1 aromatic heterocycles. The van der Waals surface area contributed by atoms with E-state index in [1.165, 1.54) is 24.3 Å². The molecule has 4 aromatic rings. The van der Waals surface area contributed by atoms with Crippen LogP contribution in [0.4, 0.5) is 39.5 Å². The lowest BCUT2D eigenvalue weighted by molar-refractivity contribution is -0.138. The van der Waals surface area contributed by atoms with E-state index in [1.54, 1.807) is 0 Å². The number of hydrogen-bond donors (Lipinski definition) is 0. The maximum Gasteiger partial charge on any atom is 0.416 e. The zero-order chi connectivity index (χ0) is 26.3. The molecule has 186 valence electrons. The molecule has 0 amide bonds. The summed E-state index contributed by atoms with van der Waals surface area (Å²) in [6.45, 7) is 0. The number of hydrogen-bond acceptors (Lipinski definition) is 0. The molecular weight excluding hydrogens is 499 g/mol. The molecule has 0 radical (unpaired) electrons. The molecule has 0 atom stereocenters. The summed E-state index contributed by atoms with van der Waals surface area (Å²) in [5.74, 6) is 0.132. The molecule has 36 heavy (non-hydrogen) atoms. The van der Waals surface area contributed by atoms with E-state index in [4.69, 9.17) is 4.42 Å². The second kappa shape index (κ2) is 9.00. The highest BCUT2D eigenvalue weighted by atomic mass is 19.4. The van der Waals surface area contributed by atoms with Crippen molar-refractivity contribution in [3.8, 4) is 33.8 Å². The Labute approximate surface area is 198 Å². The number of rotatable bonds is 3. The highest BCUT2D eigenvalue weighted by molar-refractivity contribution is 5.74. The second-order valence-electron chi connectivity index (χ2n) is 7.80. The molecule has 0 saturated heterocycles. The summed E-state index contributed by atoms with van der Waals surface area (Å²) >= 11 is 0. The van der Waals surface area contributed by atoms with Crippen molar-refractivity contribution in [3.63, 3.8) is 0 Å². The summed E-state index contributed by atoms with van der Waals surface area (Å²) in [5, 5.41) is 0. The highest BCUT2D eigenvalue weighted by Crippen LogP contribution is 2.37. The monoisotopic (exact) mass is 513 g/mol. The van der Waals surface area contributed by atoms with Crippen LogP contribution >= 0.6 is 0 Å². The molecule has 0 aliphatic heterocycles. The van der Waals surface area contributed by atoms with Crippen LogP contribution in [0.2, 0.25) is 0 Å².